The highest BCUT2D eigenvalue weighted by molar-refractivity contribution is 5.40. The molecular weight excluding hydrogens is 440 g/mol. The van der Waals surface area contributed by atoms with E-state index in [0.717, 1.165) is 30.8 Å². The average Bonchev–Trinajstić information content (AvgIpc) is 3.14. The molecule has 5 heteroatoms. The van der Waals surface area contributed by atoms with Gasteiger partial charge in [-0.15, -0.1) is 0 Å². The highest BCUT2D eigenvalue weighted by Crippen LogP contribution is 2.60. The second kappa shape index (κ2) is 12.0. The zero-order valence-electron chi connectivity index (χ0n) is 22.5. The van der Waals surface area contributed by atoms with Crippen molar-refractivity contribution >= 4 is 0 Å². The van der Waals surface area contributed by atoms with Crippen molar-refractivity contribution in [2.24, 2.45) is 23.2 Å². The fourth-order valence-corrected chi connectivity index (χ4v) is 7.21. The molecule has 0 aliphatic heterocycles. The van der Waals surface area contributed by atoms with E-state index in [4.69, 9.17) is 9.84 Å². The van der Waals surface area contributed by atoms with Crippen molar-refractivity contribution in [3.8, 4) is 0 Å². The molecule has 3 aliphatic carbocycles. The summed E-state index contributed by atoms with van der Waals surface area (Å²) in [6, 6.07) is 0. The fourth-order valence-electron chi connectivity index (χ4n) is 7.21. The monoisotopic (exact) mass is 490 g/mol. The zero-order chi connectivity index (χ0) is 25.8. The van der Waals surface area contributed by atoms with Gasteiger partial charge in [-0.3, -0.25) is 0 Å². The van der Waals surface area contributed by atoms with E-state index in [1.165, 1.54) is 37.7 Å². The highest BCUT2D eigenvalue weighted by Gasteiger charge is 2.50. The van der Waals surface area contributed by atoms with Gasteiger partial charge in [-0.25, -0.2) is 0 Å². The summed E-state index contributed by atoms with van der Waals surface area (Å²) in [7, 11) is 0. The van der Waals surface area contributed by atoms with Gasteiger partial charge in [-0.2, -0.15) is 0 Å². The van der Waals surface area contributed by atoms with Crippen molar-refractivity contribution in [2.75, 3.05) is 13.2 Å². The molecule has 3 rings (SSSR count). The minimum atomic E-state index is -0.931. The lowest BCUT2D eigenvalue weighted by Gasteiger charge is -2.44. The first-order valence-corrected chi connectivity index (χ1v) is 13.9. The molecule has 0 bridgehead atoms. The van der Waals surface area contributed by atoms with Crippen molar-refractivity contribution in [1.82, 2.24) is 0 Å². The van der Waals surface area contributed by atoms with Crippen molar-refractivity contribution in [3.63, 3.8) is 0 Å². The molecule has 3 saturated carbocycles. The van der Waals surface area contributed by atoms with Crippen molar-refractivity contribution < 1.29 is 25.2 Å². The van der Waals surface area contributed by atoms with Gasteiger partial charge in [0, 0.05) is 19.6 Å². The molecule has 35 heavy (non-hydrogen) atoms. The lowest BCUT2D eigenvalue weighted by atomic mass is 9.60. The summed E-state index contributed by atoms with van der Waals surface area (Å²) in [5, 5.41) is 40.4. The Hall–Kier alpha value is -0.980. The third-order valence-corrected chi connectivity index (χ3v) is 9.17. The molecule has 0 heterocycles. The van der Waals surface area contributed by atoms with Crippen LogP contribution in [-0.4, -0.2) is 57.6 Å². The van der Waals surface area contributed by atoms with Gasteiger partial charge in [-0.05, 0) is 93.1 Å². The predicted octanol–water partition coefficient (Wildman–Crippen LogP) is 5.08. The van der Waals surface area contributed by atoms with Crippen molar-refractivity contribution in [3.05, 3.63) is 35.5 Å². The van der Waals surface area contributed by atoms with Crippen LogP contribution in [0, 0.1) is 23.2 Å². The van der Waals surface area contributed by atoms with Crippen LogP contribution < -0.4 is 0 Å². The molecule has 4 N–H and O–H groups in total. The van der Waals surface area contributed by atoms with Crippen LogP contribution in [0.5, 0.6) is 0 Å². The lowest BCUT2D eigenvalue weighted by Crippen LogP contribution is -2.45. The maximum atomic E-state index is 10.7. The molecule has 5 nitrogen and oxygen atoms in total. The number of fused-ring (bicyclic) bond motifs is 1. The summed E-state index contributed by atoms with van der Waals surface area (Å²) >= 11 is 0. The van der Waals surface area contributed by atoms with E-state index >= 15 is 0 Å². The van der Waals surface area contributed by atoms with E-state index in [1.54, 1.807) is 0 Å². The van der Waals surface area contributed by atoms with Crippen LogP contribution in [0.4, 0.5) is 0 Å². The molecule has 3 fully saturated rings. The maximum absolute atomic E-state index is 10.7. The first-order valence-electron chi connectivity index (χ1n) is 13.9. The molecule has 0 aromatic rings. The molecule has 0 spiro atoms. The van der Waals surface area contributed by atoms with Crippen molar-refractivity contribution in [1.29, 1.82) is 0 Å². The predicted molar refractivity (Wildman–Crippen MR) is 141 cm³/mol. The SMILES string of the molecule is C=C1/C(=C/C=C2/CCCC3(C)C2CCC3C(C)CCCC(C)(C)O)C[C@@H](O)C(OCCCO)[C@H]1O. The molecule has 0 amide bonds. The van der Waals surface area contributed by atoms with Crippen molar-refractivity contribution in [2.45, 2.75) is 116 Å². The van der Waals surface area contributed by atoms with Crippen LogP contribution in [0.2, 0.25) is 0 Å². The third-order valence-electron chi connectivity index (χ3n) is 9.17. The van der Waals surface area contributed by atoms with E-state index in [-0.39, 0.29) is 6.61 Å². The summed E-state index contributed by atoms with van der Waals surface area (Å²) in [6.07, 6.45) is 12.1. The smallest absolute Gasteiger partial charge is 0.114 e. The molecule has 0 saturated heterocycles. The summed E-state index contributed by atoms with van der Waals surface area (Å²) in [6.45, 7) is 13.2. The Morgan fingerprint density at radius 3 is 2.63 bits per heavy atom. The molecule has 7 atom stereocenters. The van der Waals surface area contributed by atoms with E-state index < -0.39 is 23.9 Å². The molecule has 3 aliphatic rings. The Labute approximate surface area is 213 Å². The summed E-state index contributed by atoms with van der Waals surface area (Å²) in [5.41, 5.74) is 2.79. The van der Waals surface area contributed by atoms with Gasteiger partial charge in [0.1, 0.15) is 12.2 Å². The van der Waals surface area contributed by atoms with Crippen LogP contribution in [0.15, 0.2) is 35.5 Å². The van der Waals surface area contributed by atoms with Crippen LogP contribution in [0.25, 0.3) is 0 Å². The van der Waals surface area contributed by atoms with Gasteiger partial charge in [0.2, 0.25) is 0 Å². The number of aliphatic hydroxyl groups is 4. The number of aliphatic hydroxyl groups excluding tert-OH is 3. The second-order valence-corrected chi connectivity index (χ2v) is 12.4. The summed E-state index contributed by atoms with van der Waals surface area (Å²) < 4.78 is 5.63. The van der Waals surface area contributed by atoms with E-state index in [1.807, 2.05) is 13.8 Å². The van der Waals surface area contributed by atoms with E-state index in [2.05, 4.69) is 32.6 Å². The van der Waals surface area contributed by atoms with Crippen LogP contribution in [0.1, 0.15) is 91.9 Å². The molecular formula is C30H50O5. The van der Waals surface area contributed by atoms with Gasteiger partial charge >= 0.3 is 0 Å². The Morgan fingerprint density at radius 2 is 1.94 bits per heavy atom. The number of hydrogen-bond acceptors (Lipinski definition) is 5. The Kier molecular flexibility index (Phi) is 9.84. The first kappa shape index (κ1) is 28.6. The number of ether oxygens (including phenoxy) is 1. The quantitative estimate of drug-likeness (QED) is 0.321. The Morgan fingerprint density at radius 1 is 1.20 bits per heavy atom. The Bertz CT molecular complexity index is 778. The number of allylic oxidation sites excluding steroid dienone is 3. The molecule has 0 aromatic heterocycles. The zero-order valence-corrected chi connectivity index (χ0v) is 22.5. The maximum Gasteiger partial charge on any atom is 0.114 e. The third kappa shape index (κ3) is 6.87. The van der Waals surface area contributed by atoms with Gasteiger partial charge < -0.3 is 25.2 Å². The van der Waals surface area contributed by atoms with Crippen LogP contribution in [-0.2, 0) is 4.74 Å². The van der Waals surface area contributed by atoms with Crippen LogP contribution in [0.3, 0.4) is 0 Å². The topological polar surface area (TPSA) is 90.2 Å². The lowest BCUT2D eigenvalue weighted by molar-refractivity contribution is -0.0968. The minimum Gasteiger partial charge on any atom is -0.396 e. The highest BCUT2D eigenvalue weighted by atomic mass is 16.5. The van der Waals surface area contributed by atoms with Gasteiger partial charge in [0.25, 0.3) is 0 Å². The fraction of sp³-hybridized carbons (Fsp3) is 0.800. The molecule has 200 valence electrons. The standard InChI is InChI=1S/C30H50O5/c1-20(9-6-15-29(3,4)34)24-13-14-25-22(10-7-16-30(24,25)5)11-12-23-19-26(32)28(27(33)21(23)2)35-18-8-17-31/h11-12,20,24-28,31-34H,2,6-10,13-19H2,1,3-5H3/b22-11-,23-12+/t20?,24?,25?,26-,27+,28?,30?/m1/s1. The van der Waals surface area contributed by atoms with Gasteiger partial charge in [0.05, 0.1) is 11.7 Å². The Balaban J connectivity index is 1.67. The van der Waals surface area contributed by atoms with Gasteiger partial charge in [0.15, 0.2) is 0 Å². The van der Waals surface area contributed by atoms with Crippen LogP contribution >= 0.6 is 0 Å². The minimum absolute atomic E-state index is 0.0269. The van der Waals surface area contributed by atoms with E-state index in [9.17, 15) is 15.3 Å². The average molecular weight is 491 g/mol. The largest absolute Gasteiger partial charge is 0.396 e. The first-order chi connectivity index (χ1) is 16.5. The van der Waals surface area contributed by atoms with Gasteiger partial charge in [-0.1, -0.05) is 51.0 Å². The second-order valence-electron chi connectivity index (χ2n) is 12.4. The molecule has 0 aromatic carbocycles. The number of rotatable bonds is 10. The van der Waals surface area contributed by atoms with E-state index in [0.29, 0.717) is 42.3 Å². The molecule has 5 unspecified atom stereocenters. The summed E-state index contributed by atoms with van der Waals surface area (Å²) in [5.74, 6) is 1.98. The number of hydrogen-bond donors (Lipinski definition) is 4. The molecule has 0 radical (unpaired) electrons. The summed E-state index contributed by atoms with van der Waals surface area (Å²) in [4.78, 5) is 0. The normalized spacial score (nSPS) is 37.1.